The average Bonchev–Trinajstić information content (AvgIpc) is 2.25. The van der Waals surface area contributed by atoms with Gasteiger partial charge in [0.1, 0.15) is 3.70 Å². The molecule has 2 N–H and O–H groups in total. The van der Waals surface area contributed by atoms with Crippen LogP contribution in [0.4, 0.5) is 0 Å². The van der Waals surface area contributed by atoms with Crippen LogP contribution < -0.4 is 10.6 Å². The molecule has 0 bridgehead atoms. The zero-order valence-electron chi connectivity index (χ0n) is 8.59. The molecule has 5 heteroatoms. The zero-order valence-corrected chi connectivity index (χ0v) is 10.7. The molecule has 0 fully saturated rings. The lowest BCUT2D eigenvalue weighted by Gasteiger charge is -2.05. The first-order valence-electron chi connectivity index (χ1n) is 4.84. The van der Waals surface area contributed by atoms with E-state index in [4.69, 9.17) is 0 Å². The maximum atomic E-state index is 11.5. The lowest BCUT2D eigenvalue weighted by atomic mass is 10.3. The fourth-order valence-electron chi connectivity index (χ4n) is 1.05. The summed E-state index contributed by atoms with van der Waals surface area (Å²) < 4.78 is 0.886. The van der Waals surface area contributed by atoms with Gasteiger partial charge >= 0.3 is 0 Å². The number of hydrogen-bond acceptors (Lipinski definition) is 3. The van der Waals surface area contributed by atoms with Gasteiger partial charge in [0.15, 0.2) is 0 Å². The van der Waals surface area contributed by atoms with E-state index in [0.29, 0.717) is 12.1 Å². The van der Waals surface area contributed by atoms with Crippen molar-refractivity contribution in [1.82, 2.24) is 15.6 Å². The van der Waals surface area contributed by atoms with Gasteiger partial charge in [-0.3, -0.25) is 4.79 Å². The Morgan fingerprint density at radius 1 is 1.47 bits per heavy atom. The van der Waals surface area contributed by atoms with Crippen LogP contribution in [0.2, 0.25) is 0 Å². The predicted octanol–water partition coefficient (Wildman–Crippen LogP) is 1.03. The van der Waals surface area contributed by atoms with E-state index in [0.717, 1.165) is 16.8 Å². The van der Waals surface area contributed by atoms with Crippen molar-refractivity contribution in [1.29, 1.82) is 0 Å². The molecule has 15 heavy (non-hydrogen) atoms. The van der Waals surface area contributed by atoms with Gasteiger partial charge in [-0.25, -0.2) is 4.98 Å². The highest BCUT2D eigenvalue weighted by Gasteiger charge is 2.03. The minimum Gasteiger partial charge on any atom is -0.351 e. The third-order valence-electron chi connectivity index (χ3n) is 1.83. The Morgan fingerprint density at radius 3 is 2.87 bits per heavy atom. The molecule has 1 amide bonds. The fourth-order valence-corrected chi connectivity index (χ4v) is 1.37. The second-order valence-electron chi connectivity index (χ2n) is 2.98. The van der Waals surface area contributed by atoms with Crippen LogP contribution in [0.3, 0.4) is 0 Å². The second kappa shape index (κ2) is 6.73. The van der Waals surface area contributed by atoms with Crippen LogP contribution in [0.15, 0.2) is 18.3 Å². The van der Waals surface area contributed by atoms with E-state index in [1.807, 2.05) is 13.0 Å². The molecule has 1 heterocycles. The molecule has 0 saturated heterocycles. The van der Waals surface area contributed by atoms with Crippen molar-refractivity contribution in [3.05, 3.63) is 27.6 Å². The number of rotatable bonds is 5. The molecule has 82 valence electrons. The number of amides is 1. The van der Waals surface area contributed by atoms with Crippen LogP contribution in [-0.2, 0) is 0 Å². The first kappa shape index (κ1) is 12.4. The van der Waals surface area contributed by atoms with Crippen LogP contribution in [0, 0.1) is 3.70 Å². The molecular weight excluding hydrogens is 305 g/mol. The number of aromatic nitrogens is 1. The van der Waals surface area contributed by atoms with E-state index in [1.54, 1.807) is 12.3 Å². The topological polar surface area (TPSA) is 54.0 Å². The zero-order chi connectivity index (χ0) is 11.1. The summed E-state index contributed by atoms with van der Waals surface area (Å²) in [6, 6.07) is 3.59. The number of nitrogens with zero attached hydrogens (tertiary/aromatic N) is 1. The van der Waals surface area contributed by atoms with Crippen molar-refractivity contribution in [2.45, 2.75) is 6.92 Å². The SMILES string of the molecule is CCNCCNC(=O)c1ccc(I)nc1. The summed E-state index contributed by atoms with van der Waals surface area (Å²) >= 11 is 2.11. The summed E-state index contributed by atoms with van der Waals surface area (Å²) in [5.41, 5.74) is 0.604. The maximum Gasteiger partial charge on any atom is 0.252 e. The van der Waals surface area contributed by atoms with E-state index < -0.39 is 0 Å². The summed E-state index contributed by atoms with van der Waals surface area (Å²) in [7, 11) is 0. The molecule has 0 aromatic carbocycles. The van der Waals surface area contributed by atoms with Crippen LogP contribution in [-0.4, -0.2) is 30.5 Å². The van der Waals surface area contributed by atoms with Crippen LogP contribution in [0.5, 0.6) is 0 Å². The third kappa shape index (κ3) is 4.57. The summed E-state index contributed by atoms with van der Waals surface area (Å²) in [6.07, 6.45) is 1.59. The Labute approximate surface area is 103 Å². The number of pyridine rings is 1. The van der Waals surface area contributed by atoms with E-state index in [-0.39, 0.29) is 5.91 Å². The first-order chi connectivity index (χ1) is 7.24. The highest BCUT2D eigenvalue weighted by molar-refractivity contribution is 14.1. The predicted molar refractivity (Wildman–Crippen MR) is 67.8 cm³/mol. The van der Waals surface area contributed by atoms with Crippen molar-refractivity contribution >= 4 is 28.5 Å². The molecule has 1 rings (SSSR count). The lowest BCUT2D eigenvalue weighted by molar-refractivity contribution is 0.0953. The second-order valence-corrected chi connectivity index (χ2v) is 4.08. The molecule has 0 saturated carbocycles. The molecule has 0 aliphatic heterocycles. The number of nitrogens with one attached hydrogen (secondary N) is 2. The molecule has 0 aliphatic carbocycles. The van der Waals surface area contributed by atoms with Gasteiger partial charge < -0.3 is 10.6 Å². The van der Waals surface area contributed by atoms with Gasteiger partial charge in [0.05, 0.1) is 5.56 Å². The van der Waals surface area contributed by atoms with Gasteiger partial charge in [0, 0.05) is 19.3 Å². The van der Waals surface area contributed by atoms with Gasteiger partial charge in [-0.05, 0) is 41.3 Å². The van der Waals surface area contributed by atoms with E-state index in [9.17, 15) is 4.79 Å². The Hall–Kier alpha value is -0.690. The minimum absolute atomic E-state index is 0.0724. The Morgan fingerprint density at radius 2 is 2.27 bits per heavy atom. The quantitative estimate of drug-likeness (QED) is 0.484. The van der Waals surface area contributed by atoms with Crippen molar-refractivity contribution in [2.75, 3.05) is 19.6 Å². The molecule has 1 aromatic heterocycles. The average molecular weight is 319 g/mol. The molecule has 1 aromatic rings. The van der Waals surface area contributed by atoms with E-state index >= 15 is 0 Å². The highest BCUT2D eigenvalue weighted by atomic mass is 127. The molecule has 4 nitrogen and oxygen atoms in total. The minimum atomic E-state index is -0.0724. The van der Waals surface area contributed by atoms with Crippen molar-refractivity contribution in [3.8, 4) is 0 Å². The summed E-state index contributed by atoms with van der Waals surface area (Å²) in [4.78, 5) is 15.6. The maximum absolute atomic E-state index is 11.5. The third-order valence-corrected chi connectivity index (χ3v) is 2.47. The molecule has 0 unspecified atom stereocenters. The molecule has 0 radical (unpaired) electrons. The van der Waals surface area contributed by atoms with E-state index in [1.165, 1.54) is 0 Å². The normalized spacial score (nSPS) is 10.0. The van der Waals surface area contributed by atoms with Gasteiger partial charge in [-0.2, -0.15) is 0 Å². The summed E-state index contributed by atoms with van der Waals surface area (Å²) in [6.45, 7) is 4.38. The van der Waals surface area contributed by atoms with Crippen LogP contribution in [0.1, 0.15) is 17.3 Å². The number of carbonyl (C=O) groups is 1. The number of carbonyl (C=O) groups excluding carboxylic acids is 1. The van der Waals surface area contributed by atoms with Crippen molar-refractivity contribution < 1.29 is 4.79 Å². The van der Waals surface area contributed by atoms with Crippen LogP contribution >= 0.6 is 22.6 Å². The number of halogens is 1. The standard InChI is InChI=1S/C10H14IN3O/c1-2-12-5-6-13-10(15)8-3-4-9(11)14-7-8/h3-4,7,12H,2,5-6H2,1H3,(H,13,15). The fraction of sp³-hybridized carbons (Fsp3) is 0.400. The van der Waals surface area contributed by atoms with Gasteiger partial charge in [0.25, 0.3) is 5.91 Å². The Kier molecular flexibility index (Phi) is 5.56. The van der Waals surface area contributed by atoms with Crippen LogP contribution in [0.25, 0.3) is 0 Å². The first-order valence-corrected chi connectivity index (χ1v) is 5.92. The number of likely N-dealkylation sites (N-methyl/N-ethyl adjacent to an activating group) is 1. The van der Waals surface area contributed by atoms with Gasteiger partial charge in [-0.15, -0.1) is 0 Å². The molecular formula is C10H14IN3O. The van der Waals surface area contributed by atoms with Crippen molar-refractivity contribution in [3.63, 3.8) is 0 Å². The largest absolute Gasteiger partial charge is 0.351 e. The monoisotopic (exact) mass is 319 g/mol. The van der Waals surface area contributed by atoms with Gasteiger partial charge in [-0.1, -0.05) is 6.92 Å². The molecule has 0 aliphatic rings. The number of hydrogen-bond donors (Lipinski definition) is 2. The smallest absolute Gasteiger partial charge is 0.252 e. The molecule has 0 spiro atoms. The van der Waals surface area contributed by atoms with E-state index in [2.05, 4.69) is 38.2 Å². The summed E-state index contributed by atoms with van der Waals surface area (Å²) in [5, 5.41) is 5.94. The lowest BCUT2D eigenvalue weighted by Crippen LogP contribution is -2.31. The Balaban J connectivity index is 2.37. The highest BCUT2D eigenvalue weighted by Crippen LogP contribution is 2.02. The molecule has 0 atom stereocenters. The summed E-state index contributed by atoms with van der Waals surface area (Å²) in [5.74, 6) is -0.0724. The van der Waals surface area contributed by atoms with Gasteiger partial charge in [0.2, 0.25) is 0 Å². The van der Waals surface area contributed by atoms with Crippen molar-refractivity contribution in [2.24, 2.45) is 0 Å². The Bertz CT molecular complexity index is 313.